The second-order valence-electron chi connectivity index (χ2n) is 5.27. The molecule has 1 fully saturated rings. The van der Waals surface area contributed by atoms with E-state index < -0.39 is 0 Å². The van der Waals surface area contributed by atoms with Gasteiger partial charge in [0.1, 0.15) is 5.82 Å². The van der Waals surface area contributed by atoms with Crippen molar-refractivity contribution in [2.75, 3.05) is 13.1 Å². The Labute approximate surface area is 127 Å². The van der Waals surface area contributed by atoms with Gasteiger partial charge in [0.05, 0.1) is 0 Å². The van der Waals surface area contributed by atoms with Gasteiger partial charge in [0.2, 0.25) is 0 Å². The molecule has 0 aliphatic carbocycles. The molecule has 0 amide bonds. The highest BCUT2D eigenvalue weighted by Gasteiger charge is 2.39. The summed E-state index contributed by atoms with van der Waals surface area (Å²) in [5.41, 5.74) is 1.80. The van der Waals surface area contributed by atoms with Crippen LogP contribution in [0.4, 0.5) is 4.39 Å². The van der Waals surface area contributed by atoms with E-state index in [0.29, 0.717) is 16.5 Å². The molecule has 1 nitrogen and oxygen atoms in total. The largest absolute Gasteiger partial charge is 0.315 e. The smallest absolute Gasteiger partial charge is 0.123 e. The maximum absolute atomic E-state index is 13.5. The van der Waals surface area contributed by atoms with Crippen LogP contribution in [0.25, 0.3) is 0 Å². The number of rotatable bonds is 3. The average Bonchev–Trinajstić information content (AvgIpc) is 2.36. The number of hydrogen-bond donors (Lipinski definition) is 1. The molecule has 1 N–H and O–H groups in total. The Bertz CT molecular complexity index is 618. The first-order valence-corrected chi connectivity index (χ1v) is 7.26. The third kappa shape index (κ3) is 2.44. The van der Waals surface area contributed by atoms with Crippen molar-refractivity contribution in [2.24, 2.45) is 0 Å². The lowest BCUT2D eigenvalue weighted by Crippen LogP contribution is -2.58. The van der Waals surface area contributed by atoms with Gasteiger partial charge in [0.25, 0.3) is 0 Å². The summed E-state index contributed by atoms with van der Waals surface area (Å²) < 4.78 is 13.5. The summed E-state index contributed by atoms with van der Waals surface area (Å²) in [4.78, 5) is 0. The lowest BCUT2D eigenvalue weighted by molar-refractivity contribution is 0.274. The van der Waals surface area contributed by atoms with Crippen LogP contribution in [0.1, 0.15) is 11.1 Å². The number of nitrogens with one attached hydrogen (secondary N) is 1. The minimum Gasteiger partial charge on any atom is -0.315 e. The van der Waals surface area contributed by atoms with E-state index in [1.807, 2.05) is 24.3 Å². The first-order valence-electron chi connectivity index (χ1n) is 6.50. The SMILES string of the molecule is Fc1cccc(C2(Cc3c(Cl)cccc3Cl)CNC2)c1. The monoisotopic (exact) mass is 309 g/mol. The lowest BCUT2D eigenvalue weighted by atomic mass is 9.71. The number of benzene rings is 2. The van der Waals surface area contributed by atoms with Crippen molar-refractivity contribution < 1.29 is 4.39 Å². The Hall–Kier alpha value is -1.09. The number of hydrogen-bond acceptors (Lipinski definition) is 1. The van der Waals surface area contributed by atoms with Crippen LogP contribution in [0.2, 0.25) is 10.0 Å². The topological polar surface area (TPSA) is 12.0 Å². The molecule has 4 heteroatoms. The summed E-state index contributed by atoms with van der Waals surface area (Å²) in [6, 6.07) is 12.3. The maximum Gasteiger partial charge on any atom is 0.123 e. The maximum atomic E-state index is 13.5. The van der Waals surface area contributed by atoms with Crippen LogP contribution in [0.15, 0.2) is 42.5 Å². The Morgan fingerprint density at radius 1 is 1.05 bits per heavy atom. The second-order valence-corrected chi connectivity index (χ2v) is 6.09. The molecule has 104 valence electrons. The summed E-state index contributed by atoms with van der Waals surface area (Å²) >= 11 is 12.5. The summed E-state index contributed by atoms with van der Waals surface area (Å²) in [6.45, 7) is 1.61. The fourth-order valence-electron chi connectivity index (χ4n) is 2.72. The van der Waals surface area contributed by atoms with E-state index in [9.17, 15) is 4.39 Å². The van der Waals surface area contributed by atoms with E-state index in [0.717, 1.165) is 24.2 Å². The highest BCUT2D eigenvalue weighted by Crippen LogP contribution is 2.37. The lowest BCUT2D eigenvalue weighted by Gasteiger charge is -2.44. The zero-order chi connectivity index (χ0) is 14.2. The van der Waals surface area contributed by atoms with Crippen molar-refractivity contribution >= 4 is 23.2 Å². The first kappa shape index (κ1) is 13.9. The second kappa shape index (κ2) is 5.36. The zero-order valence-corrected chi connectivity index (χ0v) is 12.3. The molecule has 0 saturated carbocycles. The molecule has 0 unspecified atom stereocenters. The molecule has 0 spiro atoms. The quantitative estimate of drug-likeness (QED) is 0.895. The normalized spacial score (nSPS) is 16.8. The van der Waals surface area contributed by atoms with E-state index >= 15 is 0 Å². The fourth-order valence-corrected chi connectivity index (χ4v) is 3.25. The van der Waals surface area contributed by atoms with Crippen molar-refractivity contribution in [3.63, 3.8) is 0 Å². The summed E-state index contributed by atoms with van der Waals surface area (Å²) in [5, 5.41) is 4.60. The molecule has 2 aromatic carbocycles. The third-order valence-electron chi connectivity index (χ3n) is 3.94. The highest BCUT2D eigenvalue weighted by atomic mass is 35.5. The fraction of sp³-hybridized carbons (Fsp3) is 0.250. The van der Waals surface area contributed by atoms with Gasteiger partial charge in [-0.05, 0) is 41.8 Å². The number of halogens is 3. The zero-order valence-electron chi connectivity index (χ0n) is 10.8. The summed E-state index contributed by atoms with van der Waals surface area (Å²) in [7, 11) is 0. The molecule has 1 aliphatic heterocycles. The molecule has 1 saturated heterocycles. The predicted octanol–water partition coefficient (Wildman–Crippen LogP) is 4.22. The van der Waals surface area contributed by atoms with E-state index in [2.05, 4.69) is 5.32 Å². The van der Waals surface area contributed by atoms with E-state index in [-0.39, 0.29) is 11.2 Å². The molecule has 1 aliphatic rings. The van der Waals surface area contributed by atoms with E-state index in [4.69, 9.17) is 23.2 Å². The van der Waals surface area contributed by atoms with Crippen molar-refractivity contribution in [1.82, 2.24) is 5.32 Å². The molecule has 0 atom stereocenters. The van der Waals surface area contributed by atoms with Gasteiger partial charge in [-0.25, -0.2) is 4.39 Å². The van der Waals surface area contributed by atoms with Gasteiger partial charge < -0.3 is 5.32 Å². The third-order valence-corrected chi connectivity index (χ3v) is 4.65. The van der Waals surface area contributed by atoms with Crippen molar-refractivity contribution in [3.05, 3.63) is 69.5 Å². The minimum atomic E-state index is -0.209. The molecule has 2 aromatic rings. The van der Waals surface area contributed by atoms with Crippen LogP contribution >= 0.6 is 23.2 Å². The van der Waals surface area contributed by atoms with Crippen LogP contribution < -0.4 is 5.32 Å². The molecular weight excluding hydrogens is 296 g/mol. The van der Waals surface area contributed by atoms with Crippen molar-refractivity contribution in [1.29, 1.82) is 0 Å². The van der Waals surface area contributed by atoms with Crippen LogP contribution in [-0.2, 0) is 11.8 Å². The van der Waals surface area contributed by atoms with Crippen LogP contribution in [-0.4, -0.2) is 13.1 Å². The molecule has 20 heavy (non-hydrogen) atoms. The molecule has 0 aromatic heterocycles. The first-order chi connectivity index (χ1) is 9.61. The van der Waals surface area contributed by atoms with E-state index in [1.54, 1.807) is 12.1 Å². The van der Waals surface area contributed by atoms with Gasteiger partial charge in [-0.15, -0.1) is 0 Å². The predicted molar refractivity (Wildman–Crippen MR) is 81.1 cm³/mol. The Kier molecular flexibility index (Phi) is 3.72. The van der Waals surface area contributed by atoms with Gasteiger partial charge in [0.15, 0.2) is 0 Å². The van der Waals surface area contributed by atoms with Crippen molar-refractivity contribution in [3.8, 4) is 0 Å². The minimum absolute atomic E-state index is 0.128. The van der Waals surface area contributed by atoms with Gasteiger partial charge in [0, 0.05) is 28.5 Å². The van der Waals surface area contributed by atoms with Crippen LogP contribution in [0.3, 0.4) is 0 Å². The van der Waals surface area contributed by atoms with Gasteiger partial charge in [-0.1, -0.05) is 41.4 Å². The molecule has 0 bridgehead atoms. The molecule has 3 rings (SSSR count). The van der Waals surface area contributed by atoms with Crippen LogP contribution in [0.5, 0.6) is 0 Å². The van der Waals surface area contributed by atoms with Gasteiger partial charge >= 0.3 is 0 Å². The van der Waals surface area contributed by atoms with Gasteiger partial charge in [-0.2, -0.15) is 0 Å². The van der Waals surface area contributed by atoms with Gasteiger partial charge in [-0.3, -0.25) is 0 Å². The molecule has 0 radical (unpaired) electrons. The Morgan fingerprint density at radius 3 is 2.25 bits per heavy atom. The molecular formula is C16H14Cl2FN. The Morgan fingerprint density at radius 2 is 1.70 bits per heavy atom. The highest BCUT2D eigenvalue weighted by molar-refractivity contribution is 6.36. The average molecular weight is 310 g/mol. The summed E-state index contributed by atoms with van der Waals surface area (Å²) in [5.74, 6) is -0.209. The molecule has 1 heterocycles. The van der Waals surface area contributed by atoms with Crippen molar-refractivity contribution in [2.45, 2.75) is 11.8 Å². The van der Waals surface area contributed by atoms with Crippen LogP contribution in [0, 0.1) is 5.82 Å². The van der Waals surface area contributed by atoms with E-state index in [1.165, 1.54) is 6.07 Å². The Balaban J connectivity index is 1.98. The standard InChI is InChI=1S/C16H14Cl2FN/c17-14-5-2-6-15(18)13(14)8-16(9-20-10-16)11-3-1-4-12(19)7-11/h1-7,20H,8-10H2. The summed E-state index contributed by atoms with van der Waals surface area (Å²) in [6.07, 6.45) is 0.710.